The van der Waals surface area contributed by atoms with Gasteiger partial charge in [0, 0.05) is 23.4 Å². The van der Waals surface area contributed by atoms with Gasteiger partial charge in [0.2, 0.25) is 5.82 Å². The summed E-state index contributed by atoms with van der Waals surface area (Å²) in [6.07, 6.45) is 0. The van der Waals surface area contributed by atoms with Crippen molar-refractivity contribution in [1.29, 1.82) is 0 Å². The fourth-order valence-electron chi connectivity index (χ4n) is 3.52. The fourth-order valence-corrected chi connectivity index (χ4v) is 4.59. The van der Waals surface area contributed by atoms with Crippen molar-refractivity contribution in [1.82, 2.24) is 9.97 Å². The molecule has 0 fully saturated rings. The van der Waals surface area contributed by atoms with Gasteiger partial charge in [0.15, 0.2) is 0 Å². The van der Waals surface area contributed by atoms with Crippen LogP contribution in [0.3, 0.4) is 0 Å². The molecule has 0 atom stereocenters. The maximum atomic E-state index is 12.1. The number of nitro groups is 1. The number of carbonyl (C=O) groups excluding carboxylic acids is 1. The molecule has 0 aliphatic heterocycles. The number of aromatic nitrogens is 2. The molecule has 4 aromatic rings. The molecule has 1 N–H and O–H groups in total. The van der Waals surface area contributed by atoms with Crippen molar-refractivity contribution < 1.29 is 14.5 Å². The molecular weight excluding hydrogens is 428 g/mol. The molecular formula is C23H20N4O4S. The molecule has 32 heavy (non-hydrogen) atoms. The number of esters is 1. The lowest BCUT2D eigenvalue weighted by atomic mass is 10.1. The van der Waals surface area contributed by atoms with Crippen LogP contribution in [0.25, 0.3) is 20.8 Å². The van der Waals surface area contributed by atoms with Crippen molar-refractivity contribution in [3.8, 4) is 10.6 Å². The van der Waals surface area contributed by atoms with Crippen molar-refractivity contribution >= 4 is 39.0 Å². The van der Waals surface area contributed by atoms with Crippen molar-refractivity contribution in [3.05, 3.63) is 81.0 Å². The molecule has 2 aromatic carbocycles. The summed E-state index contributed by atoms with van der Waals surface area (Å²) in [4.78, 5) is 32.1. The summed E-state index contributed by atoms with van der Waals surface area (Å²) in [6, 6.07) is 14.7. The van der Waals surface area contributed by atoms with E-state index in [1.165, 1.54) is 18.4 Å². The molecule has 4 rings (SSSR count). The molecule has 0 saturated carbocycles. The van der Waals surface area contributed by atoms with Crippen LogP contribution in [0.5, 0.6) is 0 Å². The Kier molecular flexibility index (Phi) is 5.83. The van der Waals surface area contributed by atoms with Gasteiger partial charge in [-0.15, -0.1) is 11.3 Å². The highest BCUT2D eigenvalue weighted by Crippen LogP contribution is 2.33. The first-order chi connectivity index (χ1) is 15.4. The van der Waals surface area contributed by atoms with Gasteiger partial charge in [-0.3, -0.25) is 10.1 Å². The van der Waals surface area contributed by atoms with E-state index in [0.717, 1.165) is 26.4 Å². The van der Waals surface area contributed by atoms with Crippen molar-refractivity contribution in [3.63, 3.8) is 0 Å². The number of methoxy groups -OCH3 is 1. The fraction of sp³-hybridized carbons (Fsp3) is 0.174. The third-order valence-corrected chi connectivity index (χ3v) is 6.02. The predicted octanol–water partition coefficient (Wildman–Crippen LogP) is 5.28. The third-order valence-electron chi connectivity index (χ3n) is 4.97. The van der Waals surface area contributed by atoms with E-state index in [9.17, 15) is 14.9 Å². The number of benzene rings is 2. The van der Waals surface area contributed by atoms with E-state index in [1.54, 1.807) is 32.0 Å². The van der Waals surface area contributed by atoms with Crippen LogP contribution in [0.15, 0.2) is 48.5 Å². The Morgan fingerprint density at radius 3 is 2.69 bits per heavy atom. The van der Waals surface area contributed by atoms with Gasteiger partial charge >= 0.3 is 11.7 Å². The van der Waals surface area contributed by atoms with E-state index in [1.807, 2.05) is 30.3 Å². The standard InChI is InChI=1S/C23H20N4O4S/c1-13-10-14(2)25-21(20(13)27(29)30)24-12-15-8-9-18-19(11-15)32-22(26-18)16-6-4-5-7-17(16)23(28)31-3/h4-11H,12H2,1-3H3,(H,24,25). The number of nitrogens with zero attached hydrogens (tertiary/aromatic N) is 3. The molecule has 2 heterocycles. The van der Waals surface area contributed by atoms with Gasteiger partial charge in [-0.25, -0.2) is 14.8 Å². The largest absolute Gasteiger partial charge is 0.465 e. The number of nitrogens with one attached hydrogen (secondary N) is 1. The van der Waals surface area contributed by atoms with Crippen LogP contribution in [-0.2, 0) is 11.3 Å². The Bertz CT molecular complexity index is 1350. The number of thiazole rings is 1. The van der Waals surface area contributed by atoms with Crippen molar-refractivity contribution in [2.24, 2.45) is 0 Å². The van der Waals surface area contributed by atoms with Crippen LogP contribution in [0.2, 0.25) is 0 Å². The van der Waals surface area contributed by atoms with Crippen LogP contribution < -0.4 is 5.32 Å². The quantitative estimate of drug-likeness (QED) is 0.243. The molecule has 0 aliphatic carbocycles. The Morgan fingerprint density at radius 1 is 1.16 bits per heavy atom. The summed E-state index contributed by atoms with van der Waals surface area (Å²) in [7, 11) is 1.35. The lowest BCUT2D eigenvalue weighted by molar-refractivity contribution is -0.384. The second kappa shape index (κ2) is 8.72. The highest BCUT2D eigenvalue weighted by atomic mass is 32.1. The van der Waals surface area contributed by atoms with Gasteiger partial charge in [0.05, 0.1) is 27.8 Å². The number of carbonyl (C=O) groups is 1. The van der Waals surface area contributed by atoms with Crippen LogP contribution in [0.1, 0.15) is 27.2 Å². The average Bonchev–Trinajstić information content (AvgIpc) is 3.19. The van der Waals surface area contributed by atoms with Gasteiger partial charge in [0.1, 0.15) is 5.01 Å². The Labute approximate surface area is 188 Å². The van der Waals surface area contributed by atoms with Gasteiger partial charge in [-0.05, 0) is 43.7 Å². The zero-order chi connectivity index (χ0) is 22.8. The highest BCUT2D eigenvalue weighted by Gasteiger charge is 2.20. The maximum absolute atomic E-state index is 12.1. The molecule has 8 nitrogen and oxygen atoms in total. The lowest BCUT2D eigenvalue weighted by Crippen LogP contribution is -2.07. The van der Waals surface area contributed by atoms with Crippen molar-refractivity contribution in [2.45, 2.75) is 20.4 Å². The smallest absolute Gasteiger partial charge is 0.338 e. The van der Waals surface area contributed by atoms with Gasteiger partial charge in [0.25, 0.3) is 0 Å². The van der Waals surface area contributed by atoms with E-state index < -0.39 is 10.9 Å². The first-order valence-corrected chi connectivity index (χ1v) is 10.6. The number of rotatable bonds is 6. The minimum Gasteiger partial charge on any atom is -0.465 e. The number of anilines is 1. The first kappa shape index (κ1) is 21.4. The van der Waals surface area contributed by atoms with E-state index in [2.05, 4.69) is 15.3 Å². The minimum atomic E-state index is -0.415. The number of hydrogen-bond donors (Lipinski definition) is 1. The monoisotopic (exact) mass is 448 g/mol. The average molecular weight is 449 g/mol. The molecule has 0 amide bonds. The summed E-state index contributed by atoms with van der Waals surface area (Å²) in [5.74, 6) is -0.156. The Morgan fingerprint density at radius 2 is 1.94 bits per heavy atom. The number of fused-ring (bicyclic) bond motifs is 1. The Hall–Kier alpha value is -3.85. The molecule has 0 saturated heterocycles. The molecule has 9 heteroatoms. The molecule has 0 radical (unpaired) electrons. The molecule has 0 spiro atoms. The van der Waals surface area contributed by atoms with Crippen LogP contribution in [0, 0.1) is 24.0 Å². The van der Waals surface area contributed by atoms with Crippen LogP contribution >= 0.6 is 11.3 Å². The zero-order valence-electron chi connectivity index (χ0n) is 17.7. The van der Waals surface area contributed by atoms with Crippen molar-refractivity contribution in [2.75, 3.05) is 12.4 Å². The van der Waals surface area contributed by atoms with Gasteiger partial charge in [-0.2, -0.15) is 0 Å². The molecule has 2 aromatic heterocycles. The molecule has 0 aliphatic rings. The van der Waals surface area contributed by atoms with E-state index in [4.69, 9.17) is 4.74 Å². The van der Waals surface area contributed by atoms with E-state index >= 15 is 0 Å². The molecule has 162 valence electrons. The number of aryl methyl sites for hydroxylation is 2. The lowest BCUT2D eigenvalue weighted by Gasteiger charge is -2.09. The SMILES string of the molecule is COC(=O)c1ccccc1-c1nc2ccc(CNc3nc(C)cc(C)c3[N+](=O)[O-])cc2s1. The van der Waals surface area contributed by atoms with E-state index in [0.29, 0.717) is 23.4 Å². The summed E-state index contributed by atoms with van der Waals surface area (Å²) in [6.45, 7) is 3.88. The predicted molar refractivity (Wildman–Crippen MR) is 124 cm³/mol. The maximum Gasteiger partial charge on any atom is 0.338 e. The molecule has 0 bridgehead atoms. The van der Waals surface area contributed by atoms with E-state index in [-0.39, 0.29) is 11.5 Å². The Balaban J connectivity index is 1.63. The van der Waals surface area contributed by atoms with Gasteiger partial charge in [-0.1, -0.05) is 24.3 Å². The van der Waals surface area contributed by atoms with Crippen LogP contribution in [-0.4, -0.2) is 28.0 Å². The number of hydrogen-bond acceptors (Lipinski definition) is 8. The summed E-state index contributed by atoms with van der Waals surface area (Å²) >= 11 is 1.47. The normalized spacial score (nSPS) is 10.8. The summed E-state index contributed by atoms with van der Waals surface area (Å²) in [5.41, 5.74) is 4.18. The number of pyridine rings is 1. The van der Waals surface area contributed by atoms with Crippen LogP contribution in [0.4, 0.5) is 11.5 Å². The second-order valence-electron chi connectivity index (χ2n) is 7.25. The number of ether oxygens (including phenoxy) is 1. The first-order valence-electron chi connectivity index (χ1n) is 9.81. The van der Waals surface area contributed by atoms with Gasteiger partial charge < -0.3 is 10.1 Å². The highest BCUT2D eigenvalue weighted by molar-refractivity contribution is 7.21. The third kappa shape index (κ3) is 4.15. The zero-order valence-corrected chi connectivity index (χ0v) is 18.5. The summed E-state index contributed by atoms with van der Waals surface area (Å²) < 4.78 is 5.83. The topological polar surface area (TPSA) is 107 Å². The minimum absolute atomic E-state index is 0.0174. The molecule has 0 unspecified atom stereocenters. The second-order valence-corrected chi connectivity index (χ2v) is 8.28. The summed E-state index contributed by atoms with van der Waals surface area (Å²) in [5, 5.41) is 15.3.